The third-order valence-corrected chi connectivity index (χ3v) is 3.28. The standard InChI is InChI=1S/C19H20N2O3/c1-3-18(22)20-15-5-4-6-16(13-15)21-19(23)12-9-14-7-10-17(24-2)11-8-14/h4-13H,3H2,1-2H3,(H,20,22)(H,21,23)/b12-9+. The molecule has 0 fully saturated rings. The van der Waals surface area contributed by atoms with E-state index in [1.807, 2.05) is 24.3 Å². The van der Waals surface area contributed by atoms with Gasteiger partial charge in [-0.15, -0.1) is 0 Å². The molecular weight excluding hydrogens is 304 g/mol. The van der Waals surface area contributed by atoms with Crippen molar-refractivity contribution < 1.29 is 14.3 Å². The number of hydrogen-bond donors (Lipinski definition) is 2. The van der Waals surface area contributed by atoms with Crippen molar-refractivity contribution in [3.05, 3.63) is 60.2 Å². The van der Waals surface area contributed by atoms with E-state index in [-0.39, 0.29) is 11.8 Å². The molecule has 0 radical (unpaired) electrons. The van der Waals surface area contributed by atoms with Gasteiger partial charge in [0.05, 0.1) is 7.11 Å². The predicted molar refractivity (Wildman–Crippen MR) is 96.0 cm³/mol. The second-order valence-corrected chi connectivity index (χ2v) is 5.08. The van der Waals surface area contributed by atoms with Gasteiger partial charge in [-0.25, -0.2) is 0 Å². The van der Waals surface area contributed by atoms with Crippen LogP contribution in [0.5, 0.6) is 5.75 Å². The summed E-state index contributed by atoms with van der Waals surface area (Å²) in [6.07, 6.45) is 3.58. The summed E-state index contributed by atoms with van der Waals surface area (Å²) in [6, 6.07) is 14.4. The van der Waals surface area contributed by atoms with Crippen LogP contribution in [0.1, 0.15) is 18.9 Å². The molecule has 0 unspecified atom stereocenters. The van der Waals surface area contributed by atoms with Crippen LogP contribution in [0.25, 0.3) is 6.08 Å². The number of anilines is 2. The molecule has 2 amide bonds. The van der Waals surface area contributed by atoms with Gasteiger partial charge in [-0.2, -0.15) is 0 Å². The average molecular weight is 324 g/mol. The largest absolute Gasteiger partial charge is 0.497 e. The van der Waals surface area contributed by atoms with Gasteiger partial charge in [0.15, 0.2) is 0 Å². The highest BCUT2D eigenvalue weighted by Crippen LogP contribution is 2.16. The SMILES string of the molecule is CCC(=O)Nc1cccc(NC(=O)/C=C/c2ccc(OC)cc2)c1. The molecule has 2 aromatic rings. The highest BCUT2D eigenvalue weighted by atomic mass is 16.5. The summed E-state index contributed by atoms with van der Waals surface area (Å²) >= 11 is 0. The van der Waals surface area contributed by atoms with Crippen molar-refractivity contribution in [1.82, 2.24) is 0 Å². The van der Waals surface area contributed by atoms with Crippen LogP contribution in [0.3, 0.4) is 0 Å². The number of hydrogen-bond acceptors (Lipinski definition) is 3. The Morgan fingerprint density at radius 2 is 1.71 bits per heavy atom. The van der Waals surface area contributed by atoms with E-state index >= 15 is 0 Å². The molecule has 0 aliphatic rings. The molecule has 2 rings (SSSR count). The third kappa shape index (κ3) is 5.28. The third-order valence-electron chi connectivity index (χ3n) is 3.28. The molecule has 0 aliphatic carbocycles. The zero-order valence-corrected chi connectivity index (χ0v) is 13.7. The molecule has 2 aromatic carbocycles. The topological polar surface area (TPSA) is 67.4 Å². The Kier molecular flexibility index (Phi) is 6.14. The molecule has 0 saturated carbocycles. The highest BCUT2D eigenvalue weighted by molar-refractivity contribution is 6.02. The van der Waals surface area contributed by atoms with Gasteiger partial charge >= 0.3 is 0 Å². The monoisotopic (exact) mass is 324 g/mol. The van der Waals surface area contributed by atoms with E-state index in [2.05, 4.69) is 10.6 Å². The molecular formula is C19H20N2O3. The van der Waals surface area contributed by atoms with Crippen molar-refractivity contribution >= 4 is 29.3 Å². The summed E-state index contributed by atoms with van der Waals surface area (Å²) in [5, 5.41) is 5.52. The lowest BCUT2D eigenvalue weighted by Crippen LogP contribution is -2.11. The number of ether oxygens (including phenoxy) is 1. The Hall–Kier alpha value is -3.08. The minimum atomic E-state index is -0.246. The molecule has 5 nitrogen and oxygen atoms in total. The molecule has 5 heteroatoms. The van der Waals surface area contributed by atoms with Crippen molar-refractivity contribution in [3.63, 3.8) is 0 Å². The van der Waals surface area contributed by atoms with Crippen molar-refractivity contribution in [3.8, 4) is 5.75 Å². The number of nitrogens with one attached hydrogen (secondary N) is 2. The smallest absolute Gasteiger partial charge is 0.248 e. The Morgan fingerprint density at radius 1 is 1.04 bits per heavy atom. The van der Waals surface area contributed by atoms with Gasteiger partial charge in [0, 0.05) is 23.9 Å². The van der Waals surface area contributed by atoms with Gasteiger partial charge in [-0.05, 0) is 42.0 Å². The maximum Gasteiger partial charge on any atom is 0.248 e. The summed E-state index contributed by atoms with van der Waals surface area (Å²) in [6.45, 7) is 1.78. The van der Waals surface area contributed by atoms with E-state index in [0.29, 0.717) is 17.8 Å². The quantitative estimate of drug-likeness (QED) is 0.796. The van der Waals surface area contributed by atoms with Gasteiger partial charge < -0.3 is 15.4 Å². The van der Waals surface area contributed by atoms with Crippen LogP contribution in [-0.4, -0.2) is 18.9 Å². The fraction of sp³-hybridized carbons (Fsp3) is 0.158. The van der Waals surface area contributed by atoms with Crippen LogP contribution in [0.4, 0.5) is 11.4 Å². The van der Waals surface area contributed by atoms with Gasteiger partial charge in [0.1, 0.15) is 5.75 Å². The van der Waals surface area contributed by atoms with Gasteiger partial charge in [-0.1, -0.05) is 25.1 Å². The number of amides is 2. The van der Waals surface area contributed by atoms with Gasteiger partial charge in [0.25, 0.3) is 0 Å². The molecule has 2 N–H and O–H groups in total. The second kappa shape index (κ2) is 8.53. The van der Waals surface area contributed by atoms with Gasteiger partial charge in [0.2, 0.25) is 11.8 Å². The molecule has 0 heterocycles. The first kappa shape index (κ1) is 17.3. The molecule has 0 aliphatic heterocycles. The minimum absolute atomic E-state index is 0.0714. The van der Waals surface area contributed by atoms with Crippen molar-refractivity contribution in [1.29, 1.82) is 0 Å². The van der Waals surface area contributed by atoms with E-state index < -0.39 is 0 Å². The van der Waals surface area contributed by atoms with Crippen LogP contribution in [0, 0.1) is 0 Å². The van der Waals surface area contributed by atoms with Crippen LogP contribution in [-0.2, 0) is 9.59 Å². The molecule has 0 atom stereocenters. The molecule has 124 valence electrons. The number of rotatable bonds is 6. The first-order valence-electron chi connectivity index (χ1n) is 7.63. The van der Waals surface area contributed by atoms with E-state index in [1.54, 1.807) is 44.4 Å². The van der Waals surface area contributed by atoms with Crippen LogP contribution in [0.15, 0.2) is 54.6 Å². The Balaban J connectivity index is 1.97. The maximum absolute atomic E-state index is 12.0. The van der Waals surface area contributed by atoms with Crippen molar-refractivity contribution in [2.75, 3.05) is 17.7 Å². The molecule has 0 aromatic heterocycles. The lowest BCUT2D eigenvalue weighted by atomic mass is 10.2. The lowest BCUT2D eigenvalue weighted by Gasteiger charge is -2.07. The number of methoxy groups -OCH3 is 1. The van der Waals surface area contributed by atoms with Crippen LogP contribution in [0.2, 0.25) is 0 Å². The summed E-state index contributed by atoms with van der Waals surface area (Å²) in [5.41, 5.74) is 2.17. The van der Waals surface area contributed by atoms with Gasteiger partial charge in [-0.3, -0.25) is 9.59 Å². The van der Waals surface area contributed by atoms with Crippen molar-refractivity contribution in [2.24, 2.45) is 0 Å². The number of carbonyl (C=O) groups excluding carboxylic acids is 2. The normalized spacial score (nSPS) is 10.4. The highest BCUT2D eigenvalue weighted by Gasteiger charge is 2.02. The first-order chi connectivity index (χ1) is 11.6. The number of carbonyl (C=O) groups is 2. The van der Waals surface area contributed by atoms with Crippen molar-refractivity contribution in [2.45, 2.75) is 13.3 Å². The predicted octanol–water partition coefficient (Wildman–Crippen LogP) is 3.70. The summed E-state index contributed by atoms with van der Waals surface area (Å²) in [4.78, 5) is 23.4. The molecule has 0 bridgehead atoms. The van der Waals surface area contributed by atoms with E-state index in [4.69, 9.17) is 4.74 Å². The van der Waals surface area contributed by atoms with Crippen LogP contribution >= 0.6 is 0 Å². The molecule has 0 spiro atoms. The Bertz CT molecular complexity index is 737. The van der Waals surface area contributed by atoms with E-state index in [9.17, 15) is 9.59 Å². The fourth-order valence-corrected chi connectivity index (χ4v) is 1.99. The second-order valence-electron chi connectivity index (χ2n) is 5.08. The summed E-state index contributed by atoms with van der Waals surface area (Å²) in [5.74, 6) is 0.449. The van der Waals surface area contributed by atoms with Crippen LogP contribution < -0.4 is 15.4 Å². The Labute approximate surface area is 141 Å². The minimum Gasteiger partial charge on any atom is -0.497 e. The molecule has 24 heavy (non-hydrogen) atoms. The number of benzene rings is 2. The lowest BCUT2D eigenvalue weighted by molar-refractivity contribution is -0.116. The first-order valence-corrected chi connectivity index (χ1v) is 7.63. The summed E-state index contributed by atoms with van der Waals surface area (Å²) < 4.78 is 5.09. The van der Waals surface area contributed by atoms with E-state index in [0.717, 1.165) is 11.3 Å². The maximum atomic E-state index is 12.0. The zero-order valence-electron chi connectivity index (χ0n) is 13.7. The fourth-order valence-electron chi connectivity index (χ4n) is 1.99. The average Bonchev–Trinajstić information content (AvgIpc) is 2.60. The molecule has 0 saturated heterocycles. The zero-order chi connectivity index (χ0) is 17.4. The Morgan fingerprint density at radius 3 is 2.33 bits per heavy atom. The van der Waals surface area contributed by atoms with E-state index in [1.165, 1.54) is 6.08 Å². The summed E-state index contributed by atoms with van der Waals surface area (Å²) in [7, 11) is 1.61.